The number of hydrogen-bond donors (Lipinski definition) is 4. The molecule has 0 spiro atoms. The van der Waals surface area contributed by atoms with E-state index in [1.54, 1.807) is 6.20 Å². The Morgan fingerprint density at radius 1 is 0.854 bits per heavy atom. The average Bonchev–Trinajstić information content (AvgIpc) is 3.00. The number of aliphatic carboxylic acids is 1. The molecule has 2 atom stereocenters. The number of benzene rings is 2. The lowest BCUT2D eigenvalue weighted by molar-refractivity contribution is -0.138. The van der Waals surface area contributed by atoms with Crippen molar-refractivity contribution in [2.24, 2.45) is 5.92 Å². The molecule has 1 aromatic heterocycles. The molecule has 3 aromatic rings. The van der Waals surface area contributed by atoms with Crippen LogP contribution in [0, 0.1) is 5.92 Å². The van der Waals surface area contributed by atoms with E-state index in [9.17, 15) is 19.5 Å². The molecule has 1 unspecified atom stereocenters. The van der Waals surface area contributed by atoms with Gasteiger partial charge >= 0.3 is 5.97 Å². The van der Waals surface area contributed by atoms with E-state index in [1.165, 1.54) is 6.42 Å². The van der Waals surface area contributed by atoms with E-state index in [0.717, 1.165) is 42.6 Å². The van der Waals surface area contributed by atoms with Crippen molar-refractivity contribution in [3.8, 4) is 11.1 Å². The molecule has 1 saturated carbocycles. The molecular weight excluding hydrogens is 516 g/mol. The Hall–Kier alpha value is -4.20. The highest BCUT2D eigenvalue weighted by atomic mass is 16.4. The molecule has 1 heterocycles. The van der Waals surface area contributed by atoms with Crippen molar-refractivity contribution in [1.82, 2.24) is 15.6 Å². The summed E-state index contributed by atoms with van der Waals surface area (Å²) in [5, 5.41) is 18.7. The minimum Gasteiger partial charge on any atom is -0.481 e. The number of anilines is 1. The van der Waals surface area contributed by atoms with Crippen molar-refractivity contribution in [3.05, 3.63) is 84.6 Å². The number of nitrogens with zero attached hydrogens (tertiary/aromatic N) is 1. The summed E-state index contributed by atoms with van der Waals surface area (Å²) in [4.78, 5) is 42.4. The van der Waals surface area contributed by atoms with Crippen molar-refractivity contribution < 1.29 is 19.5 Å². The van der Waals surface area contributed by atoms with Crippen LogP contribution in [0.1, 0.15) is 69.4 Å². The zero-order chi connectivity index (χ0) is 28.9. The molecule has 4 rings (SSSR count). The summed E-state index contributed by atoms with van der Waals surface area (Å²) in [6.45, 7) is 0.587. The molecule has 8 nitrogen and oxygen atoms in total. The third kappa shape index (κ3) is 9.74. The zero-order valence-electron chi connectivity index (χ0n) is 23.4. The molecule has 41 heavy (non-hydrogen) atoms. The number of carbonyl (C=O) groups is 3. The third-order valence-electron chi connectivity index (χ3n) is 7.61. The lowest BCUT2D eigenvalue weighted by atomic mass is 9.84. The van der Waals surface area contributed by atoms with E-state index in [2.05, 4.69) is 20.9 Å². The number of carboxylic acids is 1. The molecule has 0 saturated heterocycles. The van der Waals surface area contributed by atoms with Gasteiger partial charge in [-0.2, -0.15) is 0 Å². The summed E-state index contributed by atoms with van der Waals surface area (Å²) in [6.07, 6.45) is 8.39. The minimum atomic E-state index is -1.00. The Morgan fingerprint density at radius 3 is 2.24 bits per heavy atom. The second-order valence-corrected chi connectivity index (χ2v) is 10.8. The van der Waals surface area contributed by atoms with Crippen LogP contribution in [0.3, 0.4) is 0 Å². The van der Waals surface area contributed by atoms with Crippen LogP contribution in [-0.2, 0) is 14.4 Å². The van der Waals surface area contributed by atoms with Gasteiger partial charge in [0.1, 0.15) is 11.9 Å². The molecule has 1 aliphatic rings. The molecule has 1 fully saturated rings. The van der Waals surface area contributed by atoms with Gasteiger partial charge in [0.05, 0.1) is 12.5 Å². The second-order valence-electron chi connectivity index (χ2n) is 10.8. The Kier molecular flexibility index (Phi) is 11.3. The fraction of sp³-hybridized carbons (Fsp3) is 0.394. The summed E-state index contributed by atoms with van der Waals surface area (Å²) in [6, 6.07) is 21.7. The van der Waals surface area contributed by atoms with Gasteiger partial charge in [0.15, 0.2) is 0 Å². The van der Waals surface area contributed by atoms with Gasteiger partial charge < -0.3 is 21.1 Å². The molecule has 2 amide bonds. The van der Waals surface area contributed by atoms with Crippen LogP contribution >= 0.6 is 0 Å². The lowest BCUT2D eigenvalue weighted by Gasteiger charge is -2.28. The lowest BCUT2D eigenvalue weighted by Crippen LogP contribution is -2.49. The molecular formula is C33H40N4O4. The van der Waals surface area contributed by atoms with E-state index in [0.29, 0.717) is 30.9 Å². The highest BCUT2D eigenvalue weighted by Crippen LogP contribution is 2.28. The third-order valence-corrected chi connectivity index (χ3v) is 7.61. The van der Waals surface area contributed by atoms with Crippen LogP contribution in [0.2, 0.25) is 0 Å². The van der Waals surface area contributed by atoms with Crippen molar-refractivity contribution in [3.63, 3.8) is 0 Å². The molecule has 2 aromatic carbocycles. The van der Waals surface area contributed by atoms with Gasteiger partial charge in [0, 0.05) is 19.2 Å². The molecule has 0 radical (unpaired) electrons. The van der Waals surface area contributed by atoms with Crippen LogP contribution in [0.25, 0.3) is 11.1 Å². The molecule has 0 aliphatic heterocycles. The van der Waals surface area contributed by atoms with Gasteiger partial charge in [-0.25, -0.2) is 4.98 Å². The van der Waals surface area contributed by atoms with Crippen LogP contribution < -0.4 is 16.0 Å². The average molecular weight is 557 g/mol. The van der Waals surface area contributed by atoms with E-state index < -0.39 is 18.1 Å². The number of carbonyl (C=O) groups excluding carboxylic acids is 2. The minimum absolute atomic E-state index is 0.189. The summed E-state index contributed by atoms with van der Waals surface area (Å²) in [7, 11) is 0. The fourth-order valence-electron chi connectivity index (χ4n) is 5.42. The highest BCUT2D eigenvalue weighted by Gasteiger charge is 2.28. The number of rotatable bonds is 14. The SMILES string of the molecule is O=C(O)CC(NC(=O)[C@H](CC1CCCCC1)NC(=O)CCCNc1ccccn1)c1ccc(-c2ccccc2)cc1. The summed E-state index contributed by atoms with van der Waals surface area (Å²) in [5.41, 5.74) is 2.78. The Morgan fingerprint density at radius 2 is 1.56 bits per heavy atom. The van der Waals surface area contributed by atoms with E-state index in [-0.39, 0.29) is 24.7 Å². The van der Waals surface area contributed by atoms with Crippen molar-refractivity contribution in [1.29, 1.82) is 0 Å². The van der Waals surface area contributed by atoms with Crippen LogP contribution in [-0.4, -0.2) is 40.5 Å². The maximum atomic E-state index is 13.6. The van der Waals surface area contributed by atoms with Gasteiger partial charge in [-0.15, -0.1) is 0 Å². The largest absolute Gasteiger partial charge is 0.481 e. The first-order chi connectivity index (χ1) is 20.0. The Labute approximate surface area is 242 Å². The second kappa shape index (κ2) is 15.6. The van der Waals surface area contributed by atoms with Gasteiger partial charge in [0.25, 0.3) is 0 Å². The molecule has 0 bridgehead atoms. The first-order valence-corrected chi connectivity index (χ1v) is 14.6. The van der Waals surface area contributed by atoms with Gasteiger partial charge in [0.2, 0.25) is 11.8 Å². The maximum absolute atomic E-state index is 13.6. The molecule has 216 valence electrons. The number of nitrogens with one attached hydrogen (secondary N) is 3. The highest BCUT2D eigenvalue weighted by molar-refractivity contribution is 5.88. The fourth-order valence-corrected chi connectivity index (χ4v) is 5.42. The molecule has 4 N–H and O–H groups in total. The van der Waals surface area contributed by atoms with Crippen molar-refractivity contribution in [2.45, 2.75) is 69.9 Å². The van der Waals surface area contributed by atoms with Crippen LogP contribution in [0.4, 0.5) is 5.82 Å². The first kappa shape index (κ1) is 29.8. The predicted molar refractivity (Wildman–Crippen MR) is 160 cm³/mol. The molecule has 1 aliphatic carbocycles. The van der Waals surface area contributed by atoms with Crippen LogP contribution in [0.15, 0.2) is 79.0 Å². The van der Waals surface area contributed by atoms with E-state index in [1.807, 2.05) is 72.8 Å². The van der Waals surface area contributed by atoms with Crippen LogP contribution in [0.5, 0.6) is 0 Å². The van der Waals surface area contributed by atoms with E-state index in [4.69, 9.17) is 0 Å². The topological polar surface area (TPSA) is 120 Å². The summed E-state index contributed by atoms with van der Waals surface area (Å²) < 4.78 is 0. The monoisotopic (exact) mass is 556 g/mol. The zero-order valence-corrected chi connectivity index (χ0v) is 23.4. The number of aromatic nitrogens is 1. The van der Waals surface area contributed by atoms with E-state index >= 15 is 0 Å². The molecule has 8 heteroatoms. The van der Waals surface area contributed by atoms with Crippen molar-refractivity contribution >= 4 is 23.6 Å². The normalized spacial score (nSPS) is 14.9. The Bertz CT molecular complexity index is 1250. The summed E-state index contributed by atoms with van der Waals surface area (Å²) in [5.74, 6) is -0.423. The Balaban J connectivity index is 1.40. The number of amides is 2. The standard InChI is InChI=1S/C33H40N4O4/c38-31(15-9-21-35-30-14-7-8-20-34-30)36-29(22-24-10-3-1-4-11-24)33(41)37-28(23-32(39)40)27-18-16-26(17-19-27)25-12-5-2-6-13-25/h2,5-8,12-14,16-20,24,28-29H,1,3-4,9-11,15,21-23H2,(H,34,35)(H,36,38)(H,37,41)(H,39,40)/t28?,29-/m0/s1. The number of carboxylic acid groups (broad SMARTS) is 1. The maximum Gasteiger partial charge on any atom is 0.305 e. The predicted octanol–water partition coefficient (Wildman–Crippen LogP) is 5.73. The van der Waals surface area contributed by atoms with Gasteiger partial charge in [-0.1, -0.05) is 92.8 Å². The van der Waals surface area contributed by atoms with Crippen molar-refractivity contribution in [2.75, 3.05) is 11.9 Å². The van der Waals surface area contributed by atoms with Gasteiger partial charge in [-0.3, -0.25) is 14.4 Å². The smallest absolute Gasteiger partial charge is 0.305 e. The quantitative estimate of drug-likeness (QED) is 0.188. The van der Waals surface area contributed by atoms with Gasteiger partial charge in [-0.05, 0) is 47.6 Å². The summed E-state index contributed by atoms with van der Waals surface area (Å²) >= 11 is 0. The number of hydrogen-bond acceptors (Lipinski definition) is 5. The number of pyridine rings is 1. The first-order valence-electron chi connectivity index (χ1n) is 14.6.